The fourth-order valence-corrected chi connectivity index (χ4v) is 1.99. The van der Waals surface area contributed by atoms with Gasteiger partial charge in [-0.2, -0.15) is 0 Å². The predicted molar refractivity (Wildman–Crippen MR) is 62.2 cm³/mol. The van der Waals surface area contributed by atoms with Crippen molar-refractivity contribution < 1.29 is 9.53 Å². The molecule has 2 rings (SSSR count). The van der Waals surface area contributed by atoms with E-state index in [0.717, 1.165) is 32.5 Å². The van der Waals surface area contributed by atoms with Gasteiger partial charge in [0.25, 0.3) is 0 Å². The van der Waals surface area contributed by atoms with Gasteiger partial charge in [0, 0.05) is 19.1 Å². The molecule has 0 bridgehead atoms. The highest BCUT2D eigenvalue weighted by atomic mass is 16.5. The highest BCUT2D eigenvalue weighted by Gasteiger charge is 2.22. The second kappa shape index (κ2) is 6.21. The van der Waals surface area contributed by atoms with E-state index in [4.69, 9.17) is 4.74 Å². The average Bonchev–Trinajstić information content (AvgIpc) is 3.10. The lowest BCUT2D eigenvalue weighted by Gasteiger charge is -2.22. The van der Waals surface area contributed by atoms with Crippen LogP contribution in [0.2, 0.25) is 0 Å². The first-order valence-electron chi connectivity index (χ1n) is 6.42. The topological polar surface area (TPSA) is 50.4 Å². The molecular formula is C12H22N2O2. The largest absolute Gasteiger partial charge is 0.381 e. The number of carbonyl (C=O) groups is 1. The van der Waals surface area contributed by atoms with Crippen molar-refractivity contribution in [3.8, 4) is 0 Å². The minimum absolute atomic E-state index is 0.146. The van der Waals surface area contributed by atoms with Gasteiger partial charge in [0.05, 0.1) is 6.61 Å². The van der Waals surface area contributed by atoms with Crippen LogP contribution in [0.3, 0.4) is 0 Å². The van der Waals surface area contributed by atoms with Crippen molar-refractivity contribution >= 4 is 5.91 Å². The summed E-state index contributed by atoms with van der Waals surface area (Å²) in [6, 6.07) is 0.469. The molecule has 4 heteroatoms. The van der Waals surface area contributed by atoms with Crippen LogP contribution < -0.4 is 10.6 Å². The number of hydrogen-bond acceptors (Lipinski definition) is 3. The van der Waals surface area contributed by atoms with Crippen LogP contribution >= 0.6 is 0 Å². The summed E-state index contributed by atoms with van der Waals surface area (Å²) in [4.78, 5) is 11.3. The standard InChI is InChI=1S/C12H22N2O2/c15-12(14-11-1-2-11)5-8-16-9-10-3-6-13-7-4-10/h10-11,13H,1-9H2,(H,14,15). The van der Waals surface area contributed by atoms with Gasteiger partial charge in [-0.25, -0.2) is 0 Å². The molecule has 92 valence electrons. The Morgan fingerprint density at radius 3 is 2.69 bits per heavy atom. The van der Waals surface area contributed by atoms with E-state index in [1.54, 1.807) is 0 Å². The summed E-state index contributed by atoms with van der Waals surface area (Å²) < 4.78 is 5.56. The zero-order valence-electron chi connectivity index (χ0n) is 9.84. The molecule has 1 saturated carbocycles. The van der Waals surface area contributed by atoms with Gasteiger partial charge in [0.15, 0.2) is 0 Å². The second-order valence-corrected chi connectivity index (χ2v) is 4.86. The predicted octanol–water partition coefficient (Wildman–Crippen LogP) is 0.671. The third-order valence-corrected chi connectivity index (χ3v) is 3.23. The molecule has 0 spiro atoms. The van der Waals surface area contributed by atoms with Crippen LogP contribution in [0.4, 0.5) is 0 Å². The van der Waals surface area contributed by atoms with E-state index in [9.17, 15) is 4.79 Å². The molecule has 1 aliphatic heterocycles. The molecule has 1 saturated heterocycles. The average molecular weight is 226 g/mol. The van der Waals surface area contributed by atoms with E-state index in [1.165, 1.54) is 12.8 Å². The van der Waals surface area contributed by atoms with E-state index >= 15 is 0 Å². The first kappa shape index (κ1) is 11.9. The van der Waals surface area contributed by atoms with Gasteiger partial charge in [-0.15, -0.1) is 0 Å². The minimum Gasteiger partial charge on any atom is -0.381 e. The van der Waals surface area contributed by atoms with Crippen molar-refractivity contribution in [1.29, 1.82) is 0 Å². The molecule has 0 radical (unpaired) electrons. The first-order valence-corrected chi connectivity index (χ1v) is 6.42. The molecule has 0 aromatic carbocycles. The molecule has 4 nitrogen and oxygen atoms in total. The van der Waals surface area contributed by atoms with Gasteiger partial charge >= 0.3 is 0 Å². The fourth-order valence-electron chi connectivity index (χ4n) is 1.99. The maximum Gasteiger partial charge on any atom is 0.222 e. The van der Waals surface area contributed by atoms with Gasteiger partial charge in [-0.3, -0.25) is 4.79 Å². The van der Waals surface area contributed by atoms with Crippen molar-refractivity contribution in [2.24, 2.45) is 5.92 Å². The fraction of sp³-hybridized carbons (Fsp3) is 0.917. The zero-order chi connectivity index (χ0) is 11.2. The summed E-state index contributed by atoms with van der Waals surface area (Å²) in [5.74, 6) is 0.834. The summed E-state index contributed by atoms with van der Waals surface area (Å²) >= 11 is 0. The summed E-state index contributed by atoms with van der Waals surface area (Å²) in [7, 11) is 0. The first-order chi connectivity index (χ1) is 7.84. The molecule has 2 aliphatic rings. The Labute approximate surface area is 97.1 Å². The summed E-state index contributed by atoms with van der Waals surface area (Å²) in [6.45, 7) is 3.60. The number of hydrogen-bond donors (Lipinski definition) is 2. The molecule has 2 fully saturated rings. The Morgan fingerprint density at radius 1 is 1.25 bits per heavy atom. The van der Waals surface area contributed by atoms with Crippen molar-refractivity contribution in [2.75, 3.05) is 26.3 Å². The molecule has 0 aromatic heterocycles. The molecular weight excluding hydrogens is 204 g/mol. The smallest absolute Gasteiger partial charge is 0.222 e. The number of carbonyl (C=O) groups excluding carboxylic acids is 1. The van der Waals surface area contributed by atoms with E-state index < -0.39 is 0 Å². The van der Waals surface area contributed by atoms with Crippen LogP contribution in [0.25, 0.3) is 0 Å². The molecule has 1 amide bonds. The van der Waals surface area contributed by atoms with Gasteiger partial charge in [-0.05, 0) is 44.7 Å². The number of amides is 1. The van der Waals surface area contributed by atoms with Crippen LogP contribution in [0, 0.1) is 5.92 Å². The highest BCUT2D eigenvalue weighted by Crippen LogP contribution is 2.18. The Morgan fingerprint density at radius 2 is 2.00 bits per heavy atom. The van der Waals surface area contributed by atoms with Gasteiger partial charge in [0.2, 0.25) is 5.91 Å². The summed E-state index contributed by atoms with van der Waals surface area (Å²) in [5, 5.41) is 6.30. The minimum atomic E-state index is 0.146. The van der Waals surface area contributed by atoms with E-state index in [0.29, 0.717) is 25.0 Å². The Bertz CT molecular complexity index is 223. The van der Waals surface area contributed by atoms with Gasteiger partial charge in [0.1, 0.15) is 0 Å². The van der Waals surface area contributed by atoms with Crippen molar-refractivity contribution in [3.05, 3.63) is 0 Å². The van der Waals surface area contributed by atoms with E-state index in [-0.39, 0.29) is 5.91 Å². The van der Waals surface area contributed by atoms with Crippen molar-refractivity contribution in [1.82, 2.24) is 10.6 Å². The van der Waals surface area contributed by atoms with Crippen LogP contribution in [0.15, 0.2) is 0 Å². The molecule has 0 atom stereocenters. The van der Waals surface area contributed by atoms with E-state index in [2.05, 4.69) is 10.6 Å². The zero-order valence-corrected chi connectivity index (χ0v) is 9.84. The normalized spacial score (nSPS) is 22.0. The summed E-state index contributed by atoms with van der Waals surface area (Å²) in [6.07, 6.45) is 5.23. The molecule has 2 N–H and O–H groups in total. The third kappa shape index (κ3) is 4.49. The Kier molecular flexibility index (Phi) is 4.60. The van der Waals surface area contributed by atoms with Crippen molar-refractivity contribution in [3.63, 3.8) is 0 Å². The maximum atomic E-state index is 11.3. The van der Waals surface area contributed by atoms with Gasteiger partial charge in [-0.1, -0.05) is 0 Å². The second-order valence-electron chi connectivity index (χ2n) is 4.86. The number of piperidine rings is 1. The number of nitrogens with one attached hydrogen (secondary N) is 2. The Hall–Kier alpha value is -0.610. The monoisotopic (exact) mass is 226 g/mol. The van der Waals surface area contributed by atoms with Crippen LogP contribution in [-0.2, 0) is 9.53 Å². The molecule has 1 heterocycles. The SMILES string of the molecule is O=C(CCOCC1CCNCC1)NC1CC1. The van der Waals surface area contributed by atoms with E-state index in [1.807, 2.05) is 0 Å². The lowest BCUT2D eigenvalue weighted by Crippen LogP contribution is -2.30. The third-order valence-electron chi connectivity index (χ3n) is 3.23. The quantitative estimate of drug-likeness (QED) is 0.655. The van der Waals surface area contributed by atoms with Crippen molar-refractivity contribution in [2.45, 2.75) is 38.1 Å². The molecule has 0 unspecified atom stereocenters. The maximum absolute atomic E-state index is 11.3. The lowest BCUT2D eigenvalue weighted by atomic mass is 9.99. The molecule has 1 aliphatic carbocycles. The summed E-state index contributed by atoms with van der Waals surface area (Å²) in [5.41, 5.74) is 0. The highest BCUT2D eigenvalue weighted by molar-refractivity contribution is 5.76. The van der Waals surface area contributed by atoms with Crippen LogP contribution in [0.1, 0.15) is 32.1 Å². The van der Waals surface area contributed by atoms with Crippen LogP contribution in [-0.4, -0.2) is 38.3 Å². The molecule has 0 aromatic rings. The van der Waals surface area contributed by atoms with Crippen LogP contribution in [0.5, 0.6) is 0 Å². The van der Waals surface area contributed by atoms with Gasteiger partial charge < -0.3 is 15.4 Å². The Balaban J connectivity index is 1.45. The lowest BCUT2D eigenvalue weighted by molar-refractivity contribution is -0.122. The number of rotatable bonds is 6. The molecule has 16 heavy (non-hydrogen) atoms. The number of ether oxygens (including phenoxy) is 1.